The number of ether oxygens (including phenoxy) is 2. The number of aromatic nitrogens is 2. The highest BCUT2D eigenvalue weighted by molar-refractivity contribution is 6.32. The van der Waals surface area contributed by atoms with Crippen molar-refractivity contribution in [1.82, 2.24) is 19.4 Å². The molecule has 4 N–H and O–H groups in total. The number of aromatic carboxylic acids is 1. The number of hydrogen-bond acceptors (Lipinski definition) is 6. The molecule has 1 aliphatic heterocycles. The van der Waals surface area contributed by atoms with Crippen molar-refractivity contribution in [3.05, 3.63) is 124 Å². The smallest absolute Gasteiger partial charge is 0.352 e. The first-order valence-corrected chi connectivity index (χ1v) is 19.8. The number of nitrogens with zero attached hydrogens (tertiary/aromatic N) is 3. The highest BCUT2D eigenvalue weighted by Crippen LogP contribution is 2.38. The Kier molecular flexibility index (Phi) is 12.4. The monoisotopic (exact) mass is 775 g/mol. The van der Waals surface area contributed by atoms with Gasteiger partial charge in [-0.3, -0.25) is 9.69 Å². The summed E-state index contributed by atoms with van der Waals surface area (Å²) >= 11 is 6.39. The first-order chi connectivity index (χ1) is 27.2. The zero-order valence-corrected chi connectivity index (χ0v) is 32.9. The third kappa shape index (κ3) is 8.64. The van der Waals surface area contributed by atoms with Crippen LogP contribution in [0.1, 0.15) is 44.7 Å². The first-order valence-electron chi connectivity index (χ1n) is 19.4. The summed E-state index contributed by atoms with van der Waals surface area (Å²) in [5.41, 5.74) is 14.9. The average Bonchev–Trinajstić information content (AvgIpc) is 3.71. The molecule has 0 atom stereocenters. The molecule has 56 heavy (non-hydrogen) atoms. The number of primary amides is 1. The minimum Gasteiger partial charge on any atom is -0.494 e. The number of benzene rings is 4. The molecule has 0 radical (unpaired) electrons. The van der Waals surface area contributed by atoms with Crippen LogP contribution >= 0.6 is 11.6 Å². The third-order valence-corrected chi connectivity index (χ3v) is 11.4. The number of aryl methyl sites for hydroxylation is 3. The van der Waals surface area contributed by atoms with Crippen LogP contribution in [0, 0.1) is 13.8 Å². The second kappa shape index (κ2) is 17.8. The fourth-order valence-corrected chi connectivity index (χ4v) is 8.21. The van der Waals surface area contributed by atoms with Crippen molar-refractivity contribution < 1.29 is 24.2 Å². The van der Waals surface area contributed by atoms with Crippen LogP contribution in [0.5, 0.6) is 5.75 Å². The van der Waals surface area contributed by atoms with Crippen molar-refractivity contribution in [2.45, 2.75) is 46.2 Å². The highest BCUT2D eigenvalue weighted by Gasteiger charge is 2.26. The fourth-order valence-electron chi connectivity index (χ4n) is 8.11. The molecule has 10 nitrogen and oxygen atoms in total. The van der Waals surface area contributed by atoms with Gasteiger partial charge in [0, 0.05) is 65.8 Å². The van der Waals surface area contributed by atoms with E-state index < -0.39 is 5.97 Å². The molecule has 1 fully saturated rings. The summed E-state index contributed by atoms with van der Waals surface area (Å²) in [7, 11) is 0. The highest BCUT2D eigenvalue weighted by atomic mass is 35.5. The number of nitrogens with two attached hydrogens (primary N) is 1. The van der Waals surface area contributed by atoms with Crippen molar-refractivity contribution in [3.8, 4) is 16.9 Å². The number of carbonyl (C=O) groups is 2. The van der Waals surface area contributed by atoms with E-state index >= 15 is 0 Å². The van der Waals surface area contributed by atoms with Crippen LogP contribution in [0.4, 0.5) is 0 Å². The van der Waals surface area contributed by atoms with Gasteiger partial charge in [0.15, 0.2) is 0 Å². The van der Waals surface area contributed by atoms with Gasteiger partial charge in [-0.1, -0.05) is 72.3 Å². The summed E-state index contributed by atoms with van der Waals surface area (Å²) in [6.45, 7) is 10.0. The van der Waals surface area contributed by atoms with Crippen LogP contribution < -0.4 is 15.8 Å². The Hall–Kier alpha value is -5.13. The Balaban J connectivity index is 1.25. The van der Waals surface area contributed by atoms with Crippen LogP contribution in [0.15, 0.2) is 85.1 Å². The molecule has 1 saturated heterocycles. The van der Waals surface area contributed by atoms with Crippen LogP contribution in [-0.2, 0) is 35.5 Å². The van der Waals surface area contributed by atoms with Crippen molar-refractivity contribution >= 4 is 45.3 Å². The van der Waals surface area contributed by atoms with Crippen LogP contribution in [0.25, 0.3) is 32.9 Å². The maximum atomic E-state index is 13.3. The predicted octanol–water partition coefficient (Wildman–Crippen LogP) is 7.24. The normalized spacial score (nSPS) is 13.5. The summed E-state index contributed by atoms with van der Waals surface area (Å²) in [5.74, 6) is -0.543. The zero-order chi connectivity index (χ0) is 39.2. The number of nitrogens with one attached hydrogen (secondary N) is 1. The molecule has 292 valence electrons. The number of hydrogen-bond donors (Lipinski definition) is 3. The Morgan fingerprint density at radius 3 is 2.38 bits per heavy atom. The number of carboxylic acid groups (broad SMARTS) is 1. The van der Waals surface area contributed by atoms with Crippen molar-refractivity contribution in [1.29, 1.82) is 0 Å². The number of carboxylic acids is 1. The first kappa shape index (κ1) is 39.1. The van der Waals surface area contributed by atoms with E-state index in [0.717, 1.165) is 80.1 Å². The van der Waals surface area contributed by atoms with E-state index in [2.05, 4.69) is 81.6 Å². The number of amides is 1. The van der Waals surface area contributed by atoms with Gasteiger partial charge < -0.3 is 34.8 Å². The standard InChI is InChI=1S/C45H50ClN5O5/c1-30-25-34(26-31(2)42(30)46)56-22-8-14-39-38-13-7-12-37(43(38)51(44(39)45(53)54)19-18-49-20-23-55-24-21-49)35-10-4-3-9-32(35)28-50-29-33(16-17-48-27-41(47)52)36-11-5-6-15-40(36)50/h3-7,9-13,15,25-26,29,48H,8,14,16-24,27-28H2,1-2H3,(H2,47,52)(H,53,54). The van der Waals surface area contributed by atoms with Crippen molar-refractivity contribution in [3.63, 3.8) is 0 Å². The minimum absolute atomic E-state index is 0.146. The van der Waals surface area contributed by atoms with Crippen LogP contribution in [-0.4, -0.2) is 83.6 Å². The molecule has 0 unspecified atom stereocenters. The summed E-state index contributed by atoms with van der Waals surface area (Å²) in [6, 6.07) is 26.9. The van der Waals surface area contributed by atoms with Gasteiger partial charge in [0.1, 0.15) is 11.4 Å². The topological polar surface area (TPSA) is 124 Å². The minimum atomic E-state index is -0.932. The molecule has 6 aromatic rings. The predicted molar refractivity (Wildman–Crippen MR) is 223 cm³/mol. The maximum absolute atomic E-state index is 13.3. The molecular formula is C45H50ClN5O5. The number of fused-ring (bicyclic) bond motifs is 2. The van der Waals surface area contributed by atoms with E-state index in [1.807, 2.05) is 36.6 Å². The molecule has 2 aromatic heterocycles. The quantitative estimate of drug-likeness (QED) is 0.0835. The zero-order valence-electron chi connectivity index (χ0n) is 32.2. The Morgan fingerprint density at radius 1 is 0.893 bits per heavy atom. The Labute approximate surface area is 332 Å². The fraction of sp³-hybridized carbons (Fsp3) is 0.333. The SMILES string of the molecule is Cc1cc(OCCCc2c(C(=O)O)n(CCN3CCOCC3)c3c(-c4ccccc4Cn4cc(CCNCC(N)=O)c5ccccc54)cccc23)cc(C)c1Cl. The molecule has 7 rings (SSSR count). The van der Waals surface area contributed by atoms with Gasteiger partial charge in [0.25, 0.3) is 0 Å². The largest absolute Gasteiger partial charge is 0.494 e. The molecule has 1 amide bonds. The van der Waals surface area contributed by atoms with E-state index in [1.54, 1.807) is 0 Å². The number of carbonyl (C=O) groups excluding carboxylic acids is 1. The van der Waals surface area contributed by atoms with Gasteiger partial charge in [0.05, 0.1) is 31.9 Å². The van der Waals surface area contributed by atoms with Crippen molar-refractivity contribution in [2.24, 2.45) is 5.73 Å². The summed E-state index contributed by atoms with van der Waals surface area (Å²) < 4.78 is 16.1. The lowest BCUT2D eigenvalue weighted by Crippen LogP contribution is -2.38. The lowest BCUT2D eigenvalue weighted by molar-refractivity contribution is -0.117. The molecule has 11 heteroatoms. The summed E-state index contributed by atoms with van der Waals surface area (Å²) in [6.07, 6.45) is 4.15. The summed E-state index contributed by atoms with van der Waals surface area (Å²) in [5, 5.41) is 16.9. The molecule has 0 bridgehead atoms. The Morgan fingerprint density at radius 2 is 1.61 bits per heavy atom. The number of morpholine rings is 1. The van der Waals surface area contributed by atoms with Gasteiger partial charge in [-0.15, -0.1) is 0 Å². The van der Waals surface area contributed by atoms with Gasteiger partial charge in [-0.2, -0.15) is 0 Å². The van der Waals surface area contributed by atoms with Crippen LogP contribution in [0.3, 0.4) is 0 Å². The molecule has 0 saturated carbocycles. The second-order valence-electron chi connectivity index (χ2n) is 14.6. The number of rotatable bonds is 17. The van der Waals surface area contributed by atoms with Gasteiger partial charge in [0.2, 0.25) is 5.91 Å². The molecule has 4 aromatic carbocycles. The lowest BCUT2D eigenvalue weighted by Gasteiger charge is -2.27. The maximum Gasteiger partial charge on any atom is 0.352 e. The van der Waals surface area contributed by atoms with E-state index in [4.69, 9.17) is 26.8 Å². The van der Waals surface area contributed by atoms with Gasteiger partial charge in [-0.05, 0) is 91.2 Å². The van der Waals surface area contributed by atoms with E-state index in [0.29, 0.717) is 64.5 Å². The van der Waals surface area contributed by atoms with E-state index in [1.165, 1.54) is 10.9 Å². The van der Waals surface area contributed by atoms with Crippen LogP contribution in [0.2, 0.25) is 5.02 Å². The Bertz CT molecular complexity index is 2340. The van der Waals surface area contributed by atoms with E-state index in [9.17, 15) is 14.7 Å². The third-order valence-electron chi connectivity index (χ3n) is 10.8. The van der Waals surface area contributed by atoms with E-state index in [-0.39, 0.29) is 12.5 Å². The molecule has 0 aliphatic carbocycles. The average molecular weight is 776 g/mol. The number of para-hydroxylation sites is 2. The molecule has 3 heterocycles. The lowest BCUT2D eigenvalue weighted by atomic mass is 9.96. The number of halogens is 1. The van der Waals surface area contributed by atoms with Gasteiger partial charge in [-0.25, -0.2) is 4.79 Å². The molecule has 0 spiro atoms. The van der Waals surface area contributed by atoms with Crippen molar-refractivity contribution in [2.75, 3.05) is 52.5 Å². The molecular weight excluding hydrogens is 726 g/mol. The van der Waals surface area contributed by atoms with Gasteiger partial charge >= 0.3 is 5.97 Å². The summed E-state index contributed by atoms with van der Waals surface area (Å²) in [4.78, 5) is 26.9. The second-order valence-corrected chi connectivity index (χ2v) is 15.0. The molecule has 1 aliphatic rings.